The summed E-state index contributed by atoms with van der Waals surface area (Å²) in [5.74, 6) is 0.905. The summed E-state index contributed by atoms with van der Waals surface area (Å²) >= 11 is 0. The second-order valence-electron chi connectivity index (χ2n) is 9.19. The lowest BCUT2D eigenvalue weighted by molar-refractivity contribution is -0.131. The van der Waals surface area contributed by atoms with Crippen LogP contribution in [0.1, 0.15) is 69.4 Å². The summed E-state index contributed by atoms with van der Waals surface area (Å²) in [6, 6.07) is 6.12. The first kappa shape index (κ1) is 22.8. The van der Waals surface area contributed by atoms with Crippen molar-refractivity contribution in [3.8, 4) is 5.75 Å². The fourth-order valence-corrected chi connectivity index (χ4v) is 5.26. The van der Waals surface area contributed by atoms with Crippen LogP contribution in [0.25, 0.3) is 0 Å². The zero-order chi connectivity index (χ0) is 22.9. The van der Waals surface area contributed by atoms with Crippen molar-refractivity contribution in [3.63, 3.8) is 0 Å². The van der Waals surface area contributed by atoms with Gasteiger partial charge in [-0.1, -0.05) is 17.7 Å². The van der Waals surface area contributed by atoms with Crippen LogP contribution >= 0.6 is 0 Å². The Kier molecular flexibility index (Phi) is 6.60. The number of piperidine rings is 1. The summed E-state index contributed by atoms with van der Waals surface area (Å²) in [6.45, 7) is 5.63. The van der Waals surface area contributed by atoms with Gasteiger partial charge < -0.3 is 14.4 Å². The molecule has 0 atom stereocenters. The van der Waals surface area contributed by atoms with Crippen molar-refractivity contribution in [2.75, 3.05) is 13.2 Å². The topological polar surface area (TPSA) is 85.3 Å². The molecule has 5 rings (SSSR count). The number of fused-ring (bicyclic) bond motifs is 5. The Balaban J connectivity index is 1.71. The molecule has 3 aliphatic heterocycles. The highest BCUT2D eigenvalue weighted by molar-refractivity contribution is 7.90. The molecule has 2 bridgehead atoms. The fraction of sp³-hybridized carbons (Fsp3) is 0.583. The van der Waals surface area contributed by atoms with Gasteiger partial charge in [0.25, 0.3) is 15.9 Å². The van der Waals surface area contributed by atoms with Crippen LogP contribution in [0.5, 0.6) is 5.75 Å². The predicted molar refractivity (Wildman–Crippen MR) is 123 cm³/mol. The van der Waals surface area contributed by atoms with Gasteiger partial charge >= 0.3 is 0 Å². The molecule has 4 aliphatic rings. The van der Waals surface area contributed by atoms with Crippen LogP contribution in [0.3, 0.4) is 0 Å². The van der Waals surface area contributed by atoms with Gasteiger partial charge in [-0.3, -0.25) is 4.79 Å². The number of ether oxygens (including phenoxy) is 2. The number of carbonyl (C=O) groups is 1. The Hall–Kier alpha value is -2.35. The van der Waals surface area contributed by atoms with E-state index in [0.717, 1.165) is 37.0 Å². The first-order chi connectivity index (χ1) is 15.2. The number of hydrogen-bond donors (Lipinski definition) is 0. The SMILES string of the molecule is Cc1ccc2c(c1)C1CCC(CC1)O/C=C1/C(=N/S(=O)(=O)C(C)C)CCCN1C(=O)CO2. The average Bonchev–Trinajstić information content (AvgIpc) is 2.78. The lowest BCUT2D eigenvalue weighted by Crippen LogP contribution is -2.41. The minimum atomic E-state index is -3.66. The molecule has 32 heavy (non-hydrogen) atoms. The van der Waals surface area contributed by atoms with Crippen molar-refractivity contribution in [1.82, 2.24) is 4.90 Å². The van der Waals surface area contributed by atoms with Crippen LogP contribution in [-0.2, 0) is 19.6 Å². The van der Waals surface area contributed by atoms with Gasteiger partial charge in [0, 0.05) is 6.54 Å². The molecule has 1 aromatic carbocycles. The number of aryl methyl sites for hydroxylation is 1. The molecule has 1 aromatic rings. The summed E-state index contributed by atoms with van der Waals surface area (Å²) in [6.07, 6.45) is 6.47. The van der Waals surface area contributed by atoms with Crippen molar-refractivity contribution in [2.24, 2.45) is 4.40 Å². The molecule has 1 saturated heterocycles. The molecular formula is C24H32N2O5S. The fourth-order valence-electron chi connectivity index (χ4n) is 4.56. The van der Waals surface area contributed by atoms with Crippen LogP contribution in [0.2, 0.25) is 0 Å². The van der Waals surface area contributed by atoms with Crippen LogP contribution in [-0.4, -0.2) is 49.4 Å². The molecule has 1 aliphatic carbocycles. The van der Waals surface area contributed by atoms with Gasteiger partial charge in [0.1, 0.15) is 17.7 Å². The smallest absolute Gasteiger partial charge is 0.265 e. The van der Waals surface area contributed by atoms with Crippen molar-refractivity contribution >= 4 is 21.6 Å². The lowest BCUT2D eigenvalue weighted by atomic mass is 9.82. The van der Waals surface area contributed by atoms with Gasteiger partial charge in [-0.15, -0.1) is 0 Å². The van der Waals surface area contributed by atoms with E-state index in [9.17, 15) is 13.2 Å². The Morgan fingerprint density at radius 2 is 1.91 bits per heavy atom. The summed E-state index contributed by atoms with van der Waals surface area (Å²) in [5, 5.41) is -0.629. The van der Waals surface area contributed by atoms with Gasteiger partial charge in [-0.05, 0) is 76.8 Å². The van der Waals surface area contributed by atoms with Crippen molar-refractivity contribution in [1.29, 1.82) is 0 Å². The standard InChI is InChI=1S/C24H32N2O5S/c1-16(2)32(28,29)25-21-5-4-12-26-22(21)14-30-19-9-7-18(8-10-19)20-13-17(3)6-11-23(20)31-15-24(26)27/h6,11,13-14,16,18-19H,4-5,7-10,12,15H2,1-3H3/b22-14-,25-21+. The van der Waals surface area contributed by atoms with E-state index >= 15 is 0 Å². The normalized spacial score (nSPS) is 27.2. The highest BCUT2D eigenvalue weighted by atomic mass is 32.2. The van der Waals surface area contributed by atoms with Crippen LogP contribution in [0, 0.1) is 6.92 Å². The lowest BCUT2D eigenvalue weighted by Gasteiger charge is -2.31. The largest absolute Gasteiger partial charge is 0.496 e. The third kappa shape index (κ3) is 4.85. The predicted octanol–water partition coefficient (Wildman–Crippen LogP) is 4.07. The van der Waals surface area contributed by atoms with E-state index in [1.54, 1.807) is 25.0 Å². The number of allylic oxidation sites excluding steroid dienone is 1. The maximum Gasteiger partial charge on any atom is 0.265 e. The quantitative estimate of drug-likeness (QED) is 0.664. The van der Waals surface area contributed by atoms with Gasteiger partial charge in [-0.25, -0.2) is 8.42 Å². The third-order valence-corrected chi connectivity index (χ3v) is 8.18. The molecule has 0 aromatic heterocycles. The maximum absolute atomic E-state index is 13.2. The Morgan fingerprint density at radius 3 is 2.62 bits per heavy atom. The van der Waals surface area contributed by atoms with Crippen LogP contribution < -0.4 is 4.74 Å². The number of carbonyl (C=O) groups excluding carboxylic acids is 1. The van der Waals surface area contributed by atoms with E-state index < -0.39 is 15.3 Å². The first-order valence-corrected chi connectivity index (χ1v) is 13.0. The highest BCUT2D eigenvalue weighted by Crippen LogP contribution is 2.39. The molecule has 0 radical (unpaired) electrons. The molecule has 8 heteroatoms. The van der Waals surface area contributed by atoms with E-state index in [1.807, 2.05) is 12.1 Å². The summed E-state index contributed by atoms with van der Waals surface area (Å²) < 4.78 is 41.2. The number of nitrogens with zero attached hydrogens (tertiary/aromatic N) is 2. The van der Waals surface area contributed by atoms with Gasteiger partial charge in [0.15, 0.2) is 6.61 Å². The number of amides is 1. The van der Waals surface area contributed by atoms with E-state index in [2.05, 4.69) is 17.4 Å². The highest BCUT2D eigenvalue weighted by Gasteiger charge is 2.32. The van der Waals surface area contributed by atoms with Gasteiger partial charge in [0.05, 0.1) is 17.1 Å². The molecule has 0 spiro atoms. The molecule has 1 amide bonds. The van der Waals surface area contributed by atoms with Crippen molar-refractivity contribution < 1.29 is 22.7 Å². The van der Waals surface area contributed by atoms with Gasteiger partial charge in [-0.2, -0.15) is 4.40 Å². The molecule has 7 nitrogen and oxygen atoms in total. The van der Waals surface area contributed by atoms with E-state index in [-0.39, 0.29) is 18.6 Å². The zero-order valence-electron chi connectivity index (χ0n) is 19.0. The molecular weight excluding hydrogens is 428 g/mol. The zero-order valence-corrected chi connectivity index (χ0v) is 19.9. The Morgan fingerprint density at radius 1 is 1.16 bits per heavy atom. The minimum Gasteiger partial charge on any atom is -0.496 e. The maximum atomic E-state index is 13.2. The number of hydrogen-bond acceptors (Lipinski definition) is 5. The first-order valence-electron chi connectivity index (χ1n) is 11.5. The second kappa shape index (κ2) is 9.25. The minimum absolute atomic E-state index is 0.0375. The second-order valence-corrected chi connectivity index (χ2v) is 11.3. The number of rotatable bonds is 2. The van der Waals surface area contributed by atoms with Crippen LogP contribution in [0.15, 0.2) is 34.6 Å². The summed E-state index contributed by atoms with van der Waals surface area (Å²) in [4.78, 5) is 14.7. The molecule has 0 N–H and O–H groups in total. The number of benzene rings is 1. The Labute approximate surface area is 190 Å². The molecule has 1 saturated carbocycles. The monoisotopic (exact) mass is 460 g/mol. The average molecular weight is 461 g/mol. The summed E-state index contributed by atoms with van der Waals surface area (Å²) in [7, 11) is -3.66. The van der Waals surface area contributed by atoms with Crippen molar-refractivity contribution in [3.05, 3.63) is 41.3 Å². The summed E-state index contributed by atoms with van der Waals surface area (Å²) in [5.41, 5.74) is 3.17. The van der Waals surface area contributed by atoms with Gasteiger partial charge in [0.2, 0.25) is 0 Å². The third-order valence-electron chi connectivity index (χ3n) is 6.52. The van der Waals surface area contributed by atoms with E-state index in [1.165, 1.54) is 5.56 Å². The van der Waals surface area contributed by atoms with Crippen molar-refractivity contribution in [2.45, 2.75) is 76.6 Å². The Bertz CT molecular complexity index is 1040. The van der Waals surface area contributed by atoms with Crippen LogP contribution in [0.4, 0.5) is 0 Å². The number of sulfonamides is 1. The molecule has 174 valence electrons. The molecule has 3 heterocycles. The molecule has 0 unspecified atom stereocenters. The van der Waals surface area contributed by atoms with E-state index in [0.29, 0.717) is 36.7 Å². The van der Waals surface area contributed by atoms with E-state index in [4.69, 9.17) is 9.47 Å². The molecule has 2 fully saturated rings.